The van der Waals surface area contributed by atoms with Gasteiger partial charge in [-0.25, -0.2) is 4.68 Å². The van der Waals surface area contributed by atoms with Gasteiger partial charge in [0.25, 0.3) is 0 Å². The van der Waals surface area contributed by atoms with E-state index >= 15 is 0 Å². The fourth-order valence-corrected chi connectivity index (χ4v) is 1.89. The van der Waals surface area contributed by atoms with Gasteiger partial charge in [0.2, 0.25) is 11.9 Å². The molecule has 8 nitrogen and oxygen atoms in total. The van der Waals surface area contributed by atoms with Crippen LogP contribution in [0.2, 0.25) is 0 Å². The Balaban J connectivity index is 2.16. The number of aliphatic hydroxyl groups excluding tert-OH is 1. The average molecular weight is 272 g/mol. The van der Waals surface area contributed by atoms with E-state index < -0.39 is 6.17 Å². The molecule has 1 aromatic rings. The van der Waals surface area contributed by atoms with Crippen LogP contribution in [0.3, 0.4) is 0 Å². The fourth-order valence-electron chi connectivity index (χ4n) is 1.73. The summed E-state index contributed by atoms with van der Waals surface area (Å²) in [5.41, 5.74) is 7.10. The van der Waals surface area contributed by atoms with Crippen molar-refractivity contribution in [3.63, 3.8) is 0 Å². The Morgan fingerprint density at radius 2 is 2.28 bits per heavy atom. The van der Waals surface area contributed by atoms with Crippen LogP contribution in [0.1, 0.15) is 6.17 Å². The first kappa shape index (κ1) is 13.0. The summed E-state index contributed by atoms with van der Waals surface area (Å²) in [7, 11) is 0. The molecule has 1 fully saturated rings. The fraction of sp³-hybridized carbons (Fsp3) is 0.667. The third-order valence-electron chi connectivity index (χ3n) is 2.67. The van der Waals surface area contributed by atoms with Gasteiger partial charge in [-0.05, 0) is 0 Å². The highest BCUT2D eigenvalue weighted by Gasteiger charge is 2.20. The maximum Gasteiger partial charge on any atom is 0.246 e. The van der Waals surface area contributed by atoms with Gasteiger partial charge in [-0.1, -0.05) is 12.2 Å². The molecule has 0 radical (unpaired) electrons. The van der Waals surface area contributed by atoms with Crippen molar-refractivity contribution >= 4 is 29.6 Å². The average Bonchev–Trinajstić information content (AvgIpc) is 2.79. The van der Waals surface area contributed by atoms with Crippen LogP contribution in [0, 0.1) is 0 Å². The van der Waals surface area contributed by atoms with E-state index in [2.05, 4.69) is 15.4 Å². The lowest BCUT2D eigenvalue weighted by molar-refractivity contribution is 0.122. The predicted molar refractivity (Wildman–Crippen MR) is 70.4 cm³/mol. The summed E-state index contributed by atoms with van der Waals surface area (Å²) in [5, 5.41) is 16.3. The van der Waals surface area contributed by atoms with Crippen molar-refractivity contribution in [2.75, 3.05) is 43.5 Å². The van der Waals surface area contributed by atoms with Crippen LogP contribution in [0.5, 0.6) is 0 Å². The molecule has 0 aromatic carbocycles. The topological polar surface area (TPSA) is 101 Å². The van der Waals surface area contributed by atoms with Crippen molar-refractivity contribution in [2.24, 2.45) is 0 Å². The second kappa shape index (κ2) is 5.94. The maximum absolute atomic E-state index is 9.25. The molecule has 0 aliphatic carbocycles. The molecule has 0 amide bonds. The number of anilines is 2. The molecule has 1 aromatic heterocycles. The molecule has 4 N–H and O–H groups in total. The summed E-state index contributed by atoms with van der Waals surface area (Å²) in [6.07, 6.45) is -0.496. The first-order valence-corrected chi connectivity index (χ1v) is 6.08. The van der Waals surface area contributed by atoms with E-state index in [9.17, 15) is 5.11 Å². The number of nitrogens with one attached hydrogen (secondary N) is 1. The monoisotopic (exact) mass is 272 g/mol. The molecule has 1 aliphatic heterocycles. The van der Waals surface area contributed by atoms with Gasteiger partial charge in [0.1, 0.15) is 6.17 Å². The van der Waals surface area contributed by atoms with Gasteiger partial charge in [-0.2, -0.15) is 4.98 Å². The van der Waals surface area contributed by atoms with Gasteiger partial charge in [0.05, 0.1) is 25.3 Å². The molecule has 1 saturated heterocycles. The van der Waals surface area contributed by atoms with Crippen molar-refractivity contribution in [1.82, 2.24) is 20.1 Å². The highest BCUT2D eigenvalue weighted by molar-refractivity contribution is 7.78. The zero-order valence-corrected chi connectivity index (χ0v) is 10.6. The lowest BCUT2D eigenvalue weighted by Gasteiger charge is -2.25. The van der Waals surface area contributed by atoms with Crippen molar-refractivity contribution in [3.8, 4) is 0 Å². The molecule has 2 rings (SSSR count). The van der Waals surface area contributed by atoms with Crippen LogP contribution in [-0.2, 0) is 4.74 Å². The Labute approximate surface area is 110 Å². The number of hydrogen-bond acceptors (Lipinski definition) is 7. The van der Waals surface area contributed by atoms with E-state index in [1.807, 2.05) is 4.90 Å². The Kier molecular flexibility index (Phi) is 4.28. The molecule has 2 heterocycles. The number of rotatable bonds is 5. The minimum atomic E-state index is -0.496. The first-order chi connectivity index (χ1) is 8.76. The van der Waals surface area contributed by atoms with Gasteiger partial charge in [0.15, 0.2) is 0 Å². The molecule has 100 valence electrons. The molecular formula is C9H16N6O2S. The van der Waals surface area contributed by atoms with Gasteiger partial charge in [-0.15, -0.1) is 5.10 Å². The molecule has 1 unspecified atom stereocenters. The van der Waals surface area contributed by atoms with Crippen molar-refractivity contribution in [1.29, 1.82) is 0 Å². The number of nitrogens with two attached hydrogens (primary N) is 1. The van der Waals surface area contributed by atoms with Crippen molar-refractivity contribution in [3.05, 3.63) is 0 Å². The normalized spacial score (nSPS) is 17.5. The summed E-state index contributed by atoms with van der Waals surface area (Å²) >= 11 is 4.69. The number of aromatic nitrogens is 3. The zero-order valence-electron chi connectivity index (χ0n) is 9.82. The maximum atomic E-state index is 9.25. The zero-order chi connectivity index (χ0) is 13.0. The number of morpholine rings is 1. The van der Waals surface area contributed by atoms with Gasteiger partial charge < -0.3 is 25.8 Å². The highest BCUT2D eigenvalue weighted by Crippen LogP contribution is 2.15. The summed E-state index contributed by atoms with van der Waals surface area (Å²) in [4.78, 5) is 6.17. The second-order valence-corrected chi connectivity index (χ2v) is 4.03. The van der Waals surface area contributed by atoms with Crippen LogP contribution in [0.4, 0.5) is 11.9 Å². The molecule has 1 atom stereocenters. The van der Waals surface area contributed by atoms with E-state index in [1.165, 1.54) is 10.2 Å². The number of nitrogen functional groups attached to an aromatic ring is 1. The van der Waals surface area contributed by atoms with Gasteiger partial charge >= 0.3 is 0 Å². The lowest BCUT2D eigenvalue weighted by atomic mass is 10.4. The lowest BCUT2D eigenvalue weighted by Crippen LogP contribution is -2.37. The van der Waals surface area contributed by atoms with Crippen molar-refractivity contribution in [2.45, 2.75) is 6.17 Å². The molecule has 1 aliphatic rings. The van der Waals surface area contributed by atoms with Gasteiger partial charge in [-0.3, -0.25) is 0 Å². The predicted octanol–water partition coefficient (Wildman–Crippen LogP) is -1.27. The van der Waals surface area contributed by atoms with Crippen LogP contribution in [0.25, 0.3) is 0 Å². The van der Waals surface area contributed by atoms with Crippen LogP contribution in [0.15, 0.2) is 0 Å². The SMILES string of the molecule is Nc1nc(N2CCOCC2)nn1C(CO)NC=S. The quantitative estimate of drug-likeness (QED) is 0.571. The van der Waals surface area contributed by atoms with Crippen LogP contribution in [-0.4, -0.2) is 58.3 Å². The Morgan fingerprint density at radius 1 is 1.56 bits per heavy atom. The molecule has 9 heteroatoms. The second-order valence-electron chi connectivity index (χ2n) is 3.80. The van der Waals surface area contributed by atoms with E-state index in [0.29, 0.717) is 19.2 Å². The van der Waals surface area contributed by atoms with Crippen molar-refractivity contribution < 1.29 is 9.84 Å². The smallest absolute Gasteiger partial charge is 0.246 e. The summed E-state index contributed by atoms with van der Waals surface area (Å²) in [6, 6.07) is 0. The summed E-state index contributed by atoms with van der Waals surface area (Å²) < 4.78 is 6.68. The Bertz CT molecular complexity index is 406. The molecule has 0 spiro atoms. The Hall–Kier alpha value is -1.45. The minimum absolute atomic E-state index is 0.177. The summed E-state index contributed by atoms with van der Waals surface area (Å²) in [5.74, 6) is 0.778. The molecule has 0 saturated carbocycles. The largest absolute Gasteiger partial charge is 0.392 e. The molecule has 0 bridgehead atoms. The molecular weight excluding hydrogens is 256 g/mol. The number of aliphatic hydroxyl groups is 1. The minimum Gasteiger partial charge on any atom is -0.392 e. The number of thiocarbonyl (C=S) groups is 1. The molecule has 18 heavy (non-hydrogen) atoms. The first-order valence-electron chi connectivity index (χ1n) is 5.61. The van der Waals surface area contributed by atoms with E-state index in [1.54, 1.807) is 0 Å². The van der Waals surface area contributed by atoms with Crippen LogP contribution >= 0.6 is 12.2 Å². The van der Waals surface area contributed by atoms with Gasteiger partial charge in [0, 0.05) is 13.1 Å². The van der Waals surface area contributed by atoms with Crippen LogP contribution < -0.4 is 16.0 Å². The number of hydrogen-bond donors (Lipinski definition) is 3. The van der Waals surface area contributed by atoms with E-state index in [-0.39, 0.29) is 12.6 Å². The number of nitrogens with zero attached hydrogens (tertiary/aromatic N) is 4. The summed E-state index contributed by atoms with van der Waals surface area (Å²) in [6.45, 7) is 2.58. The Morgan fingerprint density at radius 3 is 2.89 bits per heavy atom. The van der Waals surface area contributed by atoms with E-state index in [0.717, 1.165) is 13.1 Å². The third kappa shape index (κ3) is 2.68. The standard InChI is InChI=1S/C9H16N6O2S/c10-8-12-9(14-1-3-17-4-2-14)13-15(8)7(5-16)11-6-18/h6-7,16H,1-5H2,(H,11,18)(H2,10,12,13). The number of ether oxygens (including phenoxy) is 1. The third-order valence-corrected chi connectivity index (χ3v) is 2.81. The highest BCUT2D eigenvalue weighted by atomic mass is 32.1. The van der Waals surface area contributed by atoms with E-state index in [4.69, 9.17) is 22.7 Å².